The van der Waals surface area contributed by atoms with Gasteiger partial charge in [-0.3, -0.25) is 9.13 Å². The van der Waals surface area contributed by atoms with E-state index in [9.17, 15) is 17.6 Å². The molecular weight excluding hydrogens is 308 g/mol. The Labute approximate surface area is 135 Å². The molecule has 130 valence electrons. The fraction of sp³-hybridized carbons (Fsp3) is 0.667. The molecule has 0 heterocycles. The van der Waals surface area contributed by atoms with E-state index < -0.39 is 12.0 Å². The minimum absolute atomic E-state index is 0.124. The first-order chi connectivity index (χ1) is 11.0. The predicted octanol–water partition coefficient (Wildman–Crippen LogP) is 5.89. The SMILES string of the molecule is FCCC/C=C/C1CCC(C2(OC(F)(F)F)C=CC=CC2)CC1. The minimum Gasteiger partial charge on any atom is -0.280 e. The highest BCUT2D eigenvalue weighted by atomic mass is 19.4. The first-order valence-corrected chi connectivity index (χ1v) is 8.29. The average Bonchev–Trinajstić information content (AvgIpc) is 2.51. The van der Waals surface area contributed by atoms with Crippen LogP contribution in [0.15, 0.2) is 36.5 Å². The summed E-state index contributed by atoms with van der Waals surface area (Å²) in [5, 5.41) is 0. The van der Waals surface area contributed by atoms with Crippen molar-refractivity contribution in [2.45, 2.75) is 56.9 Å². The molecule has 1 fully saturated rings. The predicted molar refractivity (Wildman–Crippen MR) is 82.6 cm³/mol. The molecule has 1 unspecified atom stereocenters. The Morgan fingerprint density at radius 1 is 1.13 bits per heavy atom. The second-order valence-electron chi connectivity index (χ2n) is 6.37. The molecule has 0 aromatic heterocycles. The summed E-state index contributed by atoms with van der Waals surface area (Å²) in [6.07, 6.45) is 10.9. The number of unbranched alkanes of at least 4 members (excludes halogenated alkanes) is 1. The van der Waals surface area contributed by atoms with Gasteiger partial charge < -0.3 is 0 Å². The summed E-state index contributed by atoms with van der Waals surface area (Å²) in [5.41, 5.74) is -1.25. The second kappa shape index (κ2) is 8.13. The highest BCUT2D eigenvalue weighted by molar-refractivity contribution is 5.20. The Morgan fingerprint density at radius 2 is 1.87 bits per heavy atom. The molecule has 0 aliphatic heterocycles. The quantitative estimate of drug-likeness (QED) is 0.335. The molecule has 0 radical (unpaired) electrons. The lowest BCUT2D eigenvalue weighted by Crippen LogP contribution is -2.45. The lowest BCUT2D eigenvalue weighted by Gasteiger charge is -2.42. The minimum atomic E-state index is -4.63. The zero-order chi connectivity index (χ0) is 16.8. The number of halogens is 4. The van der Waals surface area contributed by atoms with Gasteiger partial charge in [0.1, 0.15) is 5.60 Å². The number of alkyl halides is 4. The first-order valence-electron chi connectivity index (χ1n) is 8.29. The number of hydrogen-bond acceptors (Lipinski definition) is 1. The summed E-state index contributed by atoms with van der Waals surface area (Å²) in [7, 11) is 0. The Hall–Kier alpha value is -1.10. The maximum absolute atomic E-state index is 12.8. The zero-order valence-electron chi connectivity index (χ0n) is 13.2. The molecular formula is C18H24F4O. The maximum Gasteiger partial charge on any atom is 0.523 e. The van der Waals surface area contributed by atoms with Crippen molar-refractivity contribution in [2.24, 2.45) is 11.8 Å². The lowest BCUT2D eigenvalue weighted by atomic mass is 9.71. The highest BCUT2D eigenvalue weighted by Crippen LogP contribution is 2.44. The van der Waals surface area contributed by atoms with Gasteiger partial charge in [0.25, 0.3) is 0 Å². The monoisotopic (exact) mass is 332 g/mol. The van der Waals surface area contributed by atoms with Crippen LogP contribution in [-0.2, 0) is 4.74 Å². The molecule has 2 rings (SSSR count). The largest absolute Gasteiger partial charge is 0.523 e. The van der Waals surface area contributed by atoms with E-state index in [2.05, 4.69) is 10.8 Å². The maximum atomic E-state index is 12.8. The number of rotatable bonds is 6. The van der Waals surface area contributed by atoms with Crippen LogP contribution in [-0.4, -0.2) is 18.6 Å². The van der Waals surface area contributed by atoms with Gasteiger partial charge in [0.2, 0.25) is 0 Å². The van der Waals surface area contributed by atoms with E-state index in [4.69, 9.17) is 0 Å². The molecule has 0 bridgehead atoms. The van der Waals surface area contributed by atoms with Crippen molar-refractivity contribution in [2.75, 3.05) is 6.67 Å². The Balaban J connectivity index is 1.94. The summed E-state index contributed by atoms with van der Waals surface area (Å²) in [5.74, 6) is 0.262. The fourth-order valence-electron chi connectivity index (χ4n) is 3.58. The van der Waals surface area contributed by atoms with Crippen LogP contribution >= 0.6 is 0 Å². The molecule has 1 saturated carbocycles. The summed E-state index contributed by atoms with van der Waals surface area (Å²) in [6, 6.07) is 0. The Kier molecular flexibility index (Phi) is 6.45. The van der Waals surface area contributed by atoms with Gasteiger partial charge in [-0.1, -0.05) is 36.5 Å². The Bertz CT molecular complexity index is 444. The molecule has 0 N–H and O–H groups in total. The molecule has 2 aliphatic rings. The van der Waals surface area contributed by atoms with Gasteiger partial charge in [-0.05, 0) is 56.8 Å². The van der Waals surface area contributed by atoms with Crippen molar-refractivity contribution in [3.63, 3.8) is 0 Å². The Morgan fingerprint density at radius 3 is 2.43 bits per heavy atom. The van der Waals surface area contributed by atoms with Crippen molar-refractivity contribution in [1.29, 1.82) is 0 Å². The van der Waals surface area contributed by atoms with Crippen LogP contribution in [0.5, 0.6) is 0 Å². The van der Waals surface area contributed by atoms with Crippen LogP contribution in [0.3, 0.4) is 0 Å². The summed E-state index contributed by atoms with van der Waals surface area (Å²) in [4.78, 5) is 0. The molecule has 0 amide bonds. The zero-order valence-corrected chi connectivity index (χ0v) is 13.2. The smallest absolute Gasteiger partial charge is 0.280 e. The van der Waals surface area contributed by atoms with E-state index in [1.54, 1.807) is 24.3 Å². The van der Waals surface area contributed by atoms with E-state index in [-0.39, 0.29) is 19.0 Å². The van der Waals surface area contributed by atoms with Crippen LogP contribution < -0.4 is 0 Å². The van der Waals surface area contributed by atoms with E-state index in [1.165, 1.54) is 0 Å². The molecule has 23 heavy (non-hydrogen) atoms. The van der Waals surface area contributed by atoms with Gasteiger partial charge >= 0.3 is 6.36 Å². The van der Waals surface area contributed by atoms with Crippen LogP contribution in [0.1, 0.15) is 44.9 Å². The topological polar surface area (TPSA) is 9.23 Å². The number of allylic oxidation sites excluding steroid dienone is 4. The van der Waals surface area contributed by atoms with Crippen LogP contribution in [0.2, 0.25) is 0 Å². The van der Waals surface area contributed by atoms with Crippen LogP contribution in [0.4, 0.5) is 17.6 Å². The third kappa shape index (κ3) is 5.48. The van der Waals surface area contributed by atoms with Gasteiger partial charge in [-0.2, -0.15) is 0 Å². The van der Waals surface area contributed by atoms with Gasteiger partial charge in [0.05, 0.1) is 6.67 Å². The van der Waals surface area contributed by atoms with Crippen molar-refractivity contribution in [3.8, 4) is 0 Å². The third-order valence-corrected chi connectivity index (χ3v) is 4.74. The number of ether oxygens (including phenoxy) is 1. The summed E-state index contributed by atoms with van der Waals surface area (Å²) in [6.45, 7) is -0.311. The van der Waals surface area contributed by atoms with Crippen LogP contribution in [0.25, 0.3) is 0 Å². The highest BCUT2D eigenvalue weighted by Gasteiger charge is 2.47. The van der Waals surface area contributed by atoms with E-state index in [0.717, 1.165) is 19.3 Å². The molecule has 0 aromatic carbocycles. The van der Waals surface area contributed by atoms with Crippen molar-refractivity contribution >= 4 is 0 Å². The molecule has 0 saturated heterocycles. The average molecular weight is 332 g/mol. The normalized spacial score (nSPS) is 31.8. The van der Waals surface area contributed by atoms with E-state index >= 15 is 0 Å². The van der Waals surface area contributed by atoms with E-state index in [0.29, 0.717) is 25.2 Å². The van der Waals surface area contributed by atoms with Gasteiger partial charge in [0, 0.05) is 0 Å². The second-order valence-corrected chi connectivity index (χ2v) is 6.37. The molecule has 1 atom stereocenters. The lowest BCUT2D eigenvalue weighted by molar-refractivity contribution is -0.366. The molecule has 2 aliphatic carbocycles. The van der Waals surface area contributed by atoms with Gasteiger partial charge in [-0.25, -0.2) is 0 Å². The summed E-state index contributed by atoms with van der Waals surface area (Å²) < 4.78 is 55.1. The third-order valence-electron chi connectivity index (χ3n) is 4.74. The van der Waals surface area contributed by atoms with E-state index in [1.807, 2.05) is 6.08 Å². The standard InChI is InChI=1S/C18H24F4O/c19-14-6-1-3-7-15-8-10-16(11-9-15)17(23-18(20,21)22)12-4-2-5-13-17/h2-5,7,12,15-16H,1,6,8-11,13-14H2/b7-3+. The summed E-state index contributed by atoms with van der Waals surface area (Å²) >= 11 is 0. The molecule has 0 spiro atoms. The van der Waals surface area contributed by atoms with Crippen molar-refractivity contribution in [3.05, 3.63) is 36.5 Å². The van der Waals surface area contributed by atoms with Gasteiger partial charge in [0.15, 0.2) is 0 Å². The van der Waals surface area contributed by atoms with Crippen molar-refractivity contribution in [1.82, 2.24) is 0 Å². The molecule has 1 nitrogen and oxygen atoms in total. The number of hydrogen-bond donors (Lipinski definition) is 0. The van der Waals surface area contributed by atoms with Crippen LogP contribution in [0, 0.1) is 11.8 Å². The fourth-order valence-corrected chi connectivity index (χ4v) is 3.58. The molecule has 5 heteroatoms. The van der Waals surface area contributed by atoms with Crippen molar-refractivity contribution < 1.29 is 22.3 Å². The first kappa shape index (κ1) is 18.2. The molecule has 0 aromatic rings. The van der Waals surface area contributed by atoms with Gasteiger partial charge in [-0.15, -0.1) is 13.2 Å².